The molecule has 0 saturated carbocycles. The van der Waals surface area contributed by atoms with E-state index in [-0.39, 0.29) is 6.04 Å². The maximum atomic E-state index is 5.80. The van der Waals surface area contributed by atoms with Gasteiger partial charge in [-0.25, -0.2) is 0 Å². The monoisotopic (exact) mass is 236 g/mol. The SMILES string of the molecule is COc1c(C)cc(C)cc1CN(C)CC(C)N. The third-order valence-corrected chi connectivity index (χ3v) is 2.74. The number of rotatable bonds is 5. The van der Waals surface area contributed by atoms with E-state index in [2.05, 4.69) is 37.9 Å². The molecule has 0 heterocycles. The molecule has 0 bridgehead atoms. The van der Waals surface area contributed by atoms with Gasteiger partial charge in [0.1, 0.15) is 5.75 Å². The van der Waals surface area contributed by atoms with Crippen LogP contribution >= 0.6 is 0 Å². The Morgan fingerprint density at radius 1 is 1.35 bits per heavy atom. The summed E-state index contributed by atoms with van der Waals surface area (Å²) >= 11 is 0. The second-order valence-corrected chi connectivity index (χ2v) is 4.95. The first-order valence-corrected chi connectivity index (χ1v) is 6.02. The summed E-state index contributed by atoms with van der Waals surface area (Å²) < 4.78 is 5.48. The number of hydrogen-bond donors (Lipinski definition) is 1. The molecule has 3 heteroatoms. The minimum absolute atomic E-state index is 0.192. The van der Waals surface area contributed by atoms with Crippen LogP contribution in [0.25, 0.3) is 0 Å². The van der Waals surface area contributed by atoms with Gasteiger partial charge in [-0.15, -0.1) is 0 Å². The molecule has 0 saturated heterocycles. The Labute approximate surface area is 105 Å². The van der Waals surface area contributed by atoms with Gasteiger partial charge >= 0.3 is 0 Å². The minimum atomic E-state index is 0.192. The fourth-order valence-corrected chi connectivity index (χ4v) is 2.30. The summed E-state index contributed by atoms with van der Waals surface area (Å²) in [6, 6.07) is 4.52. The maximum Gasteiger partial charge on any atom is 0.126 e. The molecule has 0 aliphatic rings. The second kappa shape index (κ2) is 6.03. The highest BCUT2D eigenvalue weighted by atomic mass is 16.5. The predicted octanol–water partition coefficient (Wildman–Crippen LogP) is 2.09. The zero-order valence-electron chi connectivity index (χ0n) is 11.6. The molecule has 1 aromatic carbocycles. The van der Waals surface area contributed by atoms with Crippen LogP contribution in [0.1, 0.15) is 23.6 Å². The lowest BCUT2D eigenvalue weighted by Gasteiger charge is -2.21. The van der Waals surface area contributed by atoms with Crippen molar-refractivity contribution in [2.45, 2.75) is 33.4 Å². The molecule has 0 fully saturated rings. The number of methoxy groups -OCH3 is 1. The molecule has 2 N–H and O–H groups in total. The van der Waals surface area contributed by atoms with Crippen molar-refractivity contribution < 1.29 is 4.74 Å². The van der Waals surface area contributed by atoms with Gasteiger partial charge in [-0.3, -0.25) is 0 Å². The van der Waals surface area contributed by atoms with Crippen LogP contribution in [0, 0.1) is 13.8 Å². The molecular weight excluding hydrogens is 212 g/mol. The number of likely N-dealkylation sites (N-methyl/N-ethyl adjacent to an activating group) is 1. The van der Waals surface area contributed by atoms with Gasteiger partial charge in [0, 0.05) is 24.7 Å². The first kappa shape index (κ1) is 14.0. The zero-order chi connectivity index (χ0) is 13.0. The molecule has 17 heavy (non-hydrogen) atoms. The van der Waals surface area contributed by atoms with E-state index in [1.165, 1.54) is 16.7 Å². The van der Waals surface area contributed by atoms with Gasteiger partial charge in [-0.2, -0.15) is 0 Å². The van der Waals surface area contributed by atoms with Crippen molar-refractivity contribution >= 4 is 0 Å². The van der Waals surface area contributed by atoms with E-state index in [1.807, 2.05) is 6.92 Å². The van der Waals surface area contributed by atoms with Crippen LogP contribution in [0.2, 0.25) is 0 Å². The molecular formula is C14H24N2O. The third kappa shape index (κ3) is 4.02. The quantitative estimate of drug-likeness (QED) is 0.851. The van der Waals surface area contributed by atoms with Crippen LogP contribution < -0.4 is 10.5 Å². The van der Waals surface area contributed by atoms with Crippen LogP contribution in [0.3, 0.4) is 0 Å². The molecule has 0 radical (unpaired) electrons. The normalized spacial score (nSPS) is 12.9. The van der Waals surface area contributed by atoms with Crippen LogP contribution in [0.15, 0.2) is 12.1 Å². The van der Waals surface area contributed by atoms with Crippen molar-refractivity contribution in [3.05, 3.63) is 28.8 Å². The lowest BCUT2D eigenvalue weighted by Crippen LogP contribution is -2.32. The lowest BCUT2D eigenvalue weighted by molar-refractivity contribution is 0.302. The molecule has 96 valence electrons. The van der Waals surface area contributed by atoms with Gasteiger partial charge < -0.3 is 15.4 Å². The molecule has 1 unspecified atom stereocenters. The fraction of sp³-hybridized carbons (Fsp3) is 0.571. The highest BCUT2D eigenvalue weighted by Gasteiger charge is 2.10. The van der Waals surface area contributed by atoms with Crippen LogP contribution in [-0.4, -0.2) is 31.6 Å². The number of nitrogens with two attached hydrogens (primary N) is 1. The maximum absolute atomic E-state index is 5.80. The van der Waals surface area contributed by atoms with Crippen molar-refractivity contribution in [1.82, 2.24) is 4.90 Å². The largest absolute Gasteiger partial charge is 0.496 e. The van der Waals surface area contributed by atoms with Crippen molar-refractivity contribution in [3.63, 3.8) is 0 Å². The number of aryl methyl sites for hydroxylation is 2. The Balaban J connectivity index is 2.89. The molecule has 1 rings (SSSR count). The molecule has 1 aromatic rings. The molecule has 0 aliphatic heterocycles. The summed E-state index contributed by atoms with van der Waals surface area (Å²) in [7, 11) is 3.81. The van der Waals surface area contributed by atoms with Gasteiger partial charge in [0.15, 0.2) is 0 Å². The first-order chi connectivity index (χ1) is 7.93. The number of benzene rings is 1. The Bertz CT molecular complexity index is 375. The second-order valence-electron chi connectivity index (χ2n) is 4.95. The highest BCUT2D eigenvalue weighted by Crippen LogP contribution is 2.25. The van der Waals surface area contributed by atoms with Crippen molar-refractivity contribution in [2.24, 2.45) is 5.73 Å². The van der Waals surface area contributed by atoms with Crippen molar-refractivity contribution in [1.29, 1.82) is 0 Å². The summed E-state index contributed by atoms with van der Waals surface area (Å²) in [5, 5.41) is 0. The Morgan fingerprint density at radius 2 is 2.00 bits per heavy atom. The smallest absolute Gasteiger partial charge is 0.126 e. The number of ether oxygens (including phenoxy) is 1. The molecule has 0 aromatic heterocycles. The van der Waals surface area contributed by atoms with E-state index in [9.17, 15) is 0 Å². The van der Waals surface area contributed by atoms with Crippen LogP contribution in [0.4, 0.5) is 0 Å². The van der Waals surface area contributed by atoms with E-state index in [4.69, 9.17) is 10.5 Å². The van der Waals surface area contributed by atoms with Gasteiger partial charge in [0.25, 0.3) is 0 Å². The predicted molar refractivity (Wildman–Crippen MR) is 72.5 cm³/mol. The van der Waals surface area contributed by atoms with Gasteiger partial charge in [0.2, 0.25) is 0 Å². The van der Waals surface area contributed by atoms with Crippen LogP contribution in [0.5, 0.6) is 5.75 Å². The molecule has 1 atom stereocenters. The standard InChI is InChI=1S/C14H24N2O/c1-10-6-11(2)14(17-5)13(7-10)9-16(4)8-12(3)15/h6-7,12H,8-9,15H2,1-5H3. The average Bonchev–Trinajstić information content (AvgIpc) is 2.15. The van der Waals surface area contributed by atoms with Gasteiger partial charge in [0.05, 0.1) is 7.11 Å². The molecule has 0 amide bonds. The highest BCUT2D eigenvalue weighted by molar-refractivity contribution is 5.43. The number of hydrogen-bond acceptors (Lipinski definition) is 3. The van der Waals surface area contributed by atoms with E-state index in [1.54, 1.807) is 7.11 Å². The lowest BCUT2D eigenvalue weighted by atomic mass is 10.0. The molecule has 0 spiro atoms. The van der Waals surface area contributed by atoms with Crippen LogP contribution in [-0.2, 0) is 6.54 Å². The fourth-order valence-electron chi connectivity index (χ4n) is 2.30. The Kier molecular flexibility index (Phi) is 4.97. The number of nitrogens with zero attached hydrogens (tertiary/aromatic N) is 1. The summed E-state index contributed by atoms with van der Waals surface area (Å²) in [5.74, 6) is 0.993. The van der Waals surface area contributed by atoms with E-state index in [0.717, 1.165) is 18.8 Å². The van der Waals surface area contributed by atoms with Gasteiger partial charge in [-0.05, 0) is 33.4 Å². The van der Waals surface area contributed by atoms with E-state index < -0.39 is 0 Å². The summed E-state index contributed by atoms with van der Waals surface area (Å²) in [6.45, 7) is 7.97. The summed E-state index contributed by atoms with van der Waals surface area (Å²) in [5.41, 5.74) is 9.50. The van der Waals surface area contributed by atoms with E-state index in [0.29, 0.717) is 0 Å². The average molecular weight is 236 g/mol. The van der Waals surface area contributed by atoms with Crippen molar-refractivity contribution in [3.8, 4) is 5.75 Å². The Hall–Kier alpha value is -1.06. The summed E-state index contributed by atoms with van der Waals surface area (Å²) in [6.07, 6.45) is 0. The minimum Gasteiger partial charge on any atom is -0.496 e. The third-order valence-electron chi connectivity index (χ3n) is 2.74. The molecule has 0 aliphatic carbocycles. The van der Waals surface area contributed by atoms with Gasteiger partial charge in [-0.1, -0.05) is 17.7 Å². The Morgan fingerprint density at radius 3 is 2.53 bits per heavy atom. The molecule has 3 nitrogen and oxygen atoms in total. The topological polar surface area (TPSA) is 38.5 Å². The zero-order valence-corrected chi connectivity index (χ0v) is 11.6. The van der Waals surface area contributed by atoms with Crippen molar-refractivity contribution in [2.75, 3.05) is 20.7 Å². The summed E-state index contributed by atoms with van der Waals surface area (Å²) in [4.78, 5) is 2.22. The van der Waals surface area contributed by atoms with E-state index >= 15 is 0 Å². The first-order valence-electron chi connectivity index (χ1n) is 6.02.